The van der Waals surface area contributed by atoms with Crippen LogP contribution in [-0.2, 0) is 0 Å². The molecule has 9 aromatic carbocycles. The van der Waals surface area contributed by atoms with E-state index in [0.717, 1.165) is 116 Å². The topological polar surface area (TPSA) is 42.7 Å². The van der Waals surface area contributed by atoms with Gasteiger partial charge >= 0.3 is 0 Å². The molecule has 0 atom stereocenters. The molecule has 3 heterocycles. The molecule has 12 aromatic rings. The van der Waals surface area contributed by atoms with Crippen LogP contribution in [0.5, 0.6) is 0 Å². The summed E-state index contributed by atoms with van der Waals surface area (Å²) in [4.78, 5) is 2.34. The zero-order chi connectivity index (χ0) is 38.2. The minimum Gasteiger partial charge on any atom is -0.455 e. The summed E-state index contributed by atoms with van der Waals surface area (Å²) in [5, 5.41) is 6.31. The number of furan rings is 3. The van der Waals surface area contributed by atoms with Crippen LogP contribution in [0.4, 0.5) is 17.1 Å². The SMILES string of the molecule is c1ccc(-c2ccc(-c3ccccc3)c3c2oc2ccc(N(c4cccc5c4oc4ccccc45)c4ccc(-c5ccccc5)c5oc6ccccc6c45)cc23)cc1. The average molecular weight is 744 g/mol. The number of para-hydroxylation sites is 3. The van der Waals surface area contributed by atoms with Crippen LogP contribution < -0.4 is 4.90 Å². The van der Waals surface area contributed by atoms with Crippen molar-refractivity contribution in [1.29, 1.82) is 0 Å². The van der Waals surface area contributed by atoms with E-state index in [2.05, 4.69) is 175 Å². The average Bonchev–Trinajstić information content (AvgIpc) is 4.00. The van der Waals surface area contributed by atoms with Crippen LogP contribution in [0.15, 0.2) is 213 Å². The van der Waals surface area contributed by atoms with Gasteiger partial charge in [-0.15, -0.1) is 0 Å². The Morgan fingerprint density at radius 2 is 0.793 bits per heavy atom. The molecule has 58 heavy (non-hydrogen) atoms. The summed E-state index contributed by atoms with van der Waals surface area (Å²) in [5.74, 6) is 0. The molecule has 0 bridgehead atoms. The third-order valence-electron chi connectivity index (χ3n) is 11.5. The van der Waals surface area contributed by atoms with Crippen LogP contribution in [0.2, 0.25) is 0 Å². The molecule has 0 aliphatic heterocycles. The maximum absolute atomic E-state index is 6.88. The molecular formula is C54H33NO3. The van der Waals surface area contributed by atoms with Gasteiger partial charge in [0.15, 0.2) is 5.58 Å². The molecule has 0 spiro atoms. The molecule has 3 aromatic heterocycles. The van der Waals surface area contributed by atoms with E-state index < -0.39 is 0 Å². The van der Waals surface area contributed by atoms with Crippen molar-refractivity contribution >= 4 is 82.9 Å². The van der Waals surface area contributed by atoms with E-state index in [0.29, 0.717) is 0 Å². The van der Waals surface area contributed by atoms with Crippen molar-refractivity contribution < 1.29 is 13.3 Å². The molecule has 4 heteroatoms. The fraction of sp³-hybridized carbons (Fsp3) is 0. The number of rotatable bonds is 6. The lowest BCUT2D eigenvalue weighted by atomic mass is 9.94. The maximum Gasteiger partial charge on any atom is 0.159 e. The summed E-state index contributed by atoms with van der Waals surface area (Å²) in [7, 11) is 0. The molecule has 0 unspecified atom stereocenters. The van der Waals surface area contributed by atoms with E-state index in [-0.39, 0.29) is 0 Å². The monoisotopic (exact) mass is 743 g/mol. The van der Waals surface area contributed by atoms with Gasteiger partial charge in [-0.1, -0.05) is 146 Å². The maximum atomic E-state index is 6.88. The van der Waals surface area contributed by atoms with Crippen molar-refractivity contribution in [3.63, 3.8) is 0 Å². The van der Waals surface area contributed by atoms with Gasteiger partial charge in [0.25, 0.3) is 0 Å². The Morgan fingerprint density at radius 1 is 0.293 bits per heavy atom. The molecule has 12 rings (SSSR count). The molecule has 0 amide bonds. The first kappa shape index (κ1) is 32.4. The highest BCUT2D eigenvalue weighted by atomic mass is 16.3. The Labute approximate surface area is 333 Å². The molecule has 0 aliphatic carbocycles. The summed E-state index contributed by atoms with van der Waals surface area (Å²) < 4.78 is 20.5. The van der Waals surface area contributed by atoms with Gasteiger partial charge in [0.05, 0.1) is 16.8 Å². The summed E-state index contributed by atoms with van der Waals surface area (Å²) in [6, 6.07) is 70.0. The third-order valence-corrected chi connectivity index (χ3v) is 11.5. The minimum atomic E-state index is 0.810. The predicted octanol–water partition coefficient (Wildman–Crippen LogP) is 15.9. The number of nitrogens with zero attached hydrogens (tertiary/aromatic N) is 1. The molecule has 0 saturated heterocycles. The summed E-state index contributed by atoms with van der Waals surface area (Å²) >= 11 is 0. The fourth-order valence-corrected chi connectivity index (χ4v) is 8.87. The molecule has 0 N–H and O–H groups in total. The van der Waals surface area contributed by atoms with Crippen molar-refractivity contribution in [2.75, 3.05) is 4.90 Å². The van der Waals surface area contributed by atoms with Crippen molar-refractivity contribution in [1.82, 2.24) is 0 Å². The van der Waals surface area contributed by atoms with Gasteiger partial charge in [-0.05, 0) is 76.9 Å². The third kappa shape index (κ3) is 4.95. The molecule has 0 aliphatic rings. The Kier molecular flexibility index (Phi) is 7.20. The van der Waals surface area contributed by atoms with E-state index in [1.165, 1.54) is 0 Å². The van der Waals surface area contributed by atoms with Crippen LogP contribution >= 0.6 is 0 Å². The largest absolute Gasteiger partial charge is 0.455 e. The number of hydrogen-bond donors (Lipinski definition) is 0. The second-order valence-corrected chi connectivity index (χ2v) is 14.8. The quantitative estimate of drug-likeness (QED) is 0.170. The molecule has 0 saturated carbocycles. The number of hydrogen-bond acceptors (Lipinski definition) is 4. The van der Waals surface area contributed by atoms with Crippen LogP contribution in [-0.4, -0.2) is 0 Å². The molecular weight excluding hydrogens is 711 g/mol. The van der Waals surface area contributed by atoms with E-state index >= 15 is 0 Å². The van der Waals surface area contributed by atoms with Crippen LogP contribution in [0.1, 0.15) is 0 Å². The van der Waals surface area contributed by atoms with Crippen molar-refractivity contribution in [3.05, 3.63) is 200 Å². The number of anilines is 3. The minimum absolute atomic E-state index is 0.810. The van der Waals surface area contributed by atoms with Gasteiger partial charge < -0.3 is 18.2 Å². The highest BCUT2D eigenvalue weighted by Gasteiger charge is 2.26. The Morgan fingerprint density at radius 3 is 1.48 bits per heavy atom. The normalized spacial score (nSPS) is 11.8. The highest BCUT2D eigenvalue weighted by Crippen LogP contribution is 2.50. The van der Waals surface area contributed by atoms with Gasteiger partial charge in [-0.25, -0.2) is 0 Å². The van der Waals surface area contributed by atoms with Crippen LogP contribution in [0, 0.1) is 0 Å². The van der Waals surface area contributed by atoms with E-state index in [9.17, 15) is 0 Å². The van der Waals surface area contributed by atoms with E-state index in [1.54, 1.807) is 0 Å². The zero-order valence-corrected chi connectivity index (χ0v) is 31.2. The predicted molar refractivity (Wildman–Crippen MR) is 239 cm³/mol. The lowest BCUT2D eigenvalue weighted by Gasteiger charge is -2.27. The summed E-state index contributed by atoms with van der Waals surface area (Å²) in [6.07, 6.45) is 0. The van der Waals surface area contributed by atoms with Gasteiger partial charge in [-0.3, -0.25) is 0 Å². The number of fused-ring (bicyclic) bond motifs is 9. The Bertz CT molecular complexity index is 3500. The Hall–Kier alpha value is -7.82. The Balaban J connectivity index is 1.19. The zero-order valence-electron chi connectivity index (χ0n) is 31.2. The van der Waals surface area contributed by atoms with E-state index in [1.807, 2.05) is 30.3 Å². The van der Waals surface area contributed by atoms with Crippen LogP contribution in [0.25, 0.3) is 99.2 Å². The van der Waals surface area contributed by atoms with E-state index in [4.69, 9.17) is 13.3 Å². The molecule has 0 fully saturated rings. The van der Waals surface area contributed by atoms with Crippen molar-refractivity contribution in [3.8, 4) is 33.4 Å². The lowest BCUT2D eigenvalue weighted by molar-refractivity contribution is 0.668. The molecule has 0 radical (unpaired) electrons. The number of benzene rings is 9. The first-order chi connectivity index (χ1) is 28.8. The smallest absolute Gasteiger partial charge is 0.159 e. The second kappa shape index (κ2) is 12.9. The first-order valence-corrected chi connectivity index (χ1v) is 19.6. The van der Waals surface area contributed by atoms with Gasteiger partial charge in [0.1, 0.15) is 27.9 Å². The second-order valence-electron chi connectivity index (χ2n) is 14.8. The van der Waals surface area contributed by atoms with Gasteiger partial charge in [0, 0.05) is 43.7 Å². The fourth-order valence-electron chi connectivity index (χ4n) is 8.87. The first-order valence-electron chi connectivity index (χ1n) is 19.6. The highest BCUT2D eigenvalue weighted by molar-refractivity contribution is 6.20. The van der Waals surface area contributed by atoms with Crippen LogP contribution in [0.3, 0.4) is 0 Å². The standard InChI is InChI=1S/C54H33NO3/c1-4-15-34(16-5-1)38-28-29-39(35-17-6-2-7-18-35)53-50(38)44-33-37(27-32-49(44)58-53)55(46-24-14-23-42-41-21-10-12-25-47(41)56-52(42)46)45-31-30-40(36-19-8-3-9-20-36)54-51(45)43-22-11-13-26-48(43)57-54/h1-33H. The van der Waals surface area contributed by atoms with Gasteiger partial charge in [-0.2, -0.15) is 0 Å². The summed E-state index contributed by atoms with van der Waals surface area (Å²) in [5.41, 5.74) is 14.4. The molecule has 4 nitrogen and oxygen atoms in total. The van der Waals surface area contributed by atoms with Gasteiger partial charge in [0.2, 0.25) is 0 Å². The van der Waals surface area contributed by atoms with Crippen molar-refractivity contribution in [2.24, 2.45) is 0 Å². The lowest BCUT2D eigenvalue weighted by Crippen LogP contribution is -2.10. The van der Waals surface area contributed by atoms with Crippen molar-refractivity contribution in [2.45, 2.75) is 0 Å². The molecule has 272 valence electrons. The summed E-state index contributed by atoms with van der Waals surface area (Å²) in [6.45, 7) is 0.